The van der Waals surface area contributed by atoms with Crippen molar-refractivity contribution in [2.75, 3.05) is 0 Å². The molecule has 3 rings (SSSR count). The van der Waals surface area contributed by atoms with E-state index in [0.29, 0.717) is 6.42 Å². The lowest BCUT2D eigenvalue weighted by atomic mass is 10.0. The number of nitrogens with zero attached hydrogens (tertiary/aromatic N) is 1. The van der Waals surface area contributed by atoms with Crippen molar-refractivity contribution in [1.29, 1.82) is 0 Å². The highest BCUT2D eigenvalue weighted by Crippen LogP contribution is 2.33. The summed E-state index contributed by atoms with van der Waals surface area (Å²) in [7, 11) is 0. The van der Waals surface area contributed by atoms with Crippen LogP contribution in [0.25, 0.3) is 11.3 Å². The van der Waals surface area contributed by atoms with Crippen LogP contribution in [-0.2, 0) is 19.0 Å². The van der Waals surface area contributed by atoms with E-state index in [2.05, 4.69) is 4.98 Å². The minimum Gasteiger partial charge on any atom is -0.243 e. The Morgan fingerprint density at radius 3 is 2.15 bits per heavy atom. The summed E-state index contributed by atoms with van der Waals surface area (Å²) in [5.74, 6) is -0.941. The van der Waals surface area contributed by atoms with E-state index >= 15 is 0 Å². The number of alkyl halides is 3. The minimum atomic E-state index is -4.62. The number of aryl methyl sites for hydroxylation is 2. The Kier molecular flexibility index (Phi) is 5.02. The maximum absolute atomic E-state index is 13.4. The lowest BCUT2D eigenvalue weighted by Crippen LogP contribution is -2.13. The molecule has 0 aliphatic rings. The van der Waals surface area contributed by atoms with Gasteiger partial charge in [-0.3, -0.25) is 0 Å². The van der Waals surface area contributed by atoms with Crippen LogP contribution < -0.4 is 0 Å². The SMILES string of the molecule is Fc1ccc(CCc2ccc(-c3cccc(F)c3)nc2C(F)(F)F)cc1. The monoisotopic (exact) mass is 363 g/mol. The first kappa shape index (κ1) is 18.0. The van der Waals surface area contributed by atoms with E-state index in [1.807, 2.05) is 0 Å². The van der Waals surface area contributed by atoms with Gasteiger partial charge < -0.3 is 0 Å². The van der Waals surface area contributed by atoms with Crippen LogP contribution in [-0.4, -0.2) is 4.98 Å². The molecule has 0 radical (unpaired) electrons. The van der Waals surface area contributed by atoms with Gasteiger partial charge >= 0.3 is 6.18 Å². The molecule has 0 saturated heterocycles. The van der Waals surface area contributed by atoms with Gasteiger partial charge in [0.1, 0.15) is 17.3 Å². The van der Waals surface area contributed by atoms with Crippen LogP contribution in [0.3, 0.4) is 0 Å². The van der Waals surface area contributed by atoms with Gasteiger partial charge in [-0.25, -0.2) is 13.8 Å². The Bertz CT molecular complexity index is 901. The summed E-state index contributed by atoms with van der Waals surface area (Å²) in [5, 5.41) is 0. The number of pyridine rings is 1. The van der Waals surface area contributed by atoms with Gasteiger partial charge in [-0.1, -0.05) is 30.3 Å². The molecule has 3 aromatic rings. The van der Waals surface area contributed by atoms with Crippen LogP contribution in [0.4, 0.5) is 22.0 Å². The van der Waals surface area contributed by atoms with Crippen LogP contribution in [0.5, 0.6) is 0 Å². The molecule has 1 aromatic heterocycles. The van der Waals surface area contributed by atoms with E-state index in [1.54, 1.807) is 0 Å². The molecule has 0 aliphatic carbocycles. The van der Waals surface area contributed by atoms with E-state index < -0.39 is 23.5 Å². The number of benzene rings is 2. The predicted molar refractivity (Wildman–Crippen MR) is 88.4 cm³/mol. The summed E-state index contributed by atoms with van der Waals surface area (Å²) in [6.07, 6.45) is -4.19. The molecular formula is C20H14F5N. The maximum atomic E-state index is 13.4. The van der Waals surface area contributed by atoms with Gasteiger partial charge in [0.05, 0.1) is 5.69 Å². The van der Waals surface area contributed by atoms with Crippen LogP contribution in [0, 0.1) is 11.6 Å². The molecule has 0 atom stereocenters. The van der Waals surface area contributed by atoms with Crippen LogP contribution in [0.15, 0.2) is 60.7 Å². The van der Waals surface area contributed by atoms with Gasteiger partial charge in [0.15, 0.2) is 0 Å². The van der Waals surface area contributed by atoms with Crippen LogP contribution in [0.2, 0.25) is 0 Å². The highest BCUT2D eigenvalue weighted by atomic mass is 19.4. The summed E-state index contributed by atoms with van der Waals surface area (Å²) in [6, 6.07) is 13.7. The highest BCUT2D eigenvalue weighted by molar-refractivity contribution is 5.59. The standard InChI is InChI=1S/C20H14F5N/c21-16-9-5-13(6-10-16)4-7-14-8-11-18(26-19(14)20(23,24)25)15-2-1-3-17(22)12-15/h1-3,5-6,8-12H,4,7H2. The lowest BCUT2D eigenvalue weighted by Gasteiger charge is -2.14. The second-order valence-electron chi connectivity index (χ2n) is 5.84. The van der Waals surface area contributed by atoms with Crippen molar-refractivity contribution in [2.45, 2.75) is 19.0 Å². The molecule has 0 N–H and O–H groups in total. The first-order chi connectivity index (χ1) is 12.3. The van der Waals surface area contributed by atoms with E-state index in [1.165, 1.54) is 54.6 Å². The Labute approximate surface area is 147 Å². The molecule has 2 aromatic carbocycles. The summed E-state index contributed by atoms with van der Waals surface area (Å²) < 4.78 is 66.5. The molecule has 6 heteroatoms. The fourth-order valence-electron chi connectivity index (χ4n) is 2.67. The highest BCUT2D eigenvalue weighted by Gasteiger charge is 2.35. The zero-order valence-corrected chi connectivity index (χ0v) is 13.5. The molecule has 1 heterocycles. The van der Waals surface area contributed by atoms with Gasteiger partial charge in [-0.15, -0.1) is 0 Å². The average molecular weight is 363 g/mol. The second kappa shape index (κ2) is 7.23. The smallest absolute Gasteiger partial charge is 0.243 e. The van der Waals surface area contributed by atoms with Crippen molar-refractivity contribution >= 4 is 0 Å². The van der Waals surface area contributed by atoms with Crippen molar-refractivity contribution in [1.82, 2.24) is 4.98 Å². The van der Waals surface area contributed by atoms with Gasteiger partial charge in [-0.05, 0) is 54.3 Å². The number of rotatable bonds is 4. The number of hydrogen-bond acceptors (Lipinski definition) is 1. The minimum absolute atomic E-state index is 0.0435. The normalized spacial score (nSPS) is 11.6. The third-order valence-corrected chi connectivity index (χ3v) is 3.96. The summed E-state index contributed by atoms with van der Waals surface area (Å²) in [4.78, 5) is 3.73. The maximum Gasteiger partial charge on any atom is 0.433 e. The van der Waals surface area contributed by atoms with Gasteiger partial charge in [0, 0.05) is 5.56 Å². The van der Waals surface area contributed by atoms with Crippen molar-refractivity contribution in [3.63, 3.8) is 0 Å². The Balaban J connectivity index is 1.91. The number of halogens is 5. The fourth-order valence-corrected chi connectivity index (χ4v) is 2.67. The Morgan fingerprint density at radius 1 is 0.769 bits per heavy atom. The molecule has 0 bridgehead atoms. The fraction of sp³-hybridized carbons (Fsp3) is 0.150. The number of aromatic nitrogens is 1. The molecule has 26 heavy (non-hydrogen) atoms. The molecule has 0 saturated carbocycles. The number of hydrogen-bond donors (Lipinski definition) is 0. The van der Waals surface area contributed by atoms with Crippen molar-refractivity contribution in [3.8, 4) is 11.3 Å². The Morgan fingerprint density at radius 2 is 1.50 bits per heavy atom. The third-order valence-electron chi connectivity index (χ3n) is 3.96. The van der Waals surface area contributed by atoms with Gasteiger partial charge in [0.25, 0.3) is 0 Å². The average Bonchev–Trinajstić information content (AvgIpc) is 2.60. The quantitative estimate of drug-likeness (QED) is 0.532. The van der Waals surface area contributed by atoms with Crippen molar-refractivity contribution in [3.05, 3.63) is 89.1 Å². The van der Waals surface area contributed by atoms with E-state index in [9.17, 15) is 22.0 Å². The molecule has 134 valence electrons. The molecule has 1 nitrogen and oxygen atoms in total. The van der Waals surface area contributed by atoms with Crippen molar-refractivity contribution < 1.29 is 22.0 Å². The molecule has 0 unspecified atom stereocenters. The van der Waals surface area contributed by atoms with Crippen LogP contribution >= 0.6 is 0 Å². The lowest BCUT2D eigenvalue weighted by molar-refractivity contribution is -0.141. The van der Waals surface area contributed by atoms with Gasteiger partial charge in [0.2, 0.25) is 0 Å². The summed E-state index contributed by atoms with van der Waals surface area (Å²) in [6.45, 7) is 0. The third kappa shape index (κ3) is 4.25. The summed E-state index contributed by atoms with van der Waals surface area (Å²) >= 11 is 0. The molecular weight excluding hydrogens is 349 g/mol. The molecule has 0 aliphatic heterocycles. The van der Waals surface area contributed by atoms with E-state index in [0.717, 1.165) is 11.6 Å². The second-order valence-corrected chi connectivity index (χ2v) is 5.84. The first-order valence-corrected chi connectivity index (χ1v) is 7.90. The zero-order valence-electron chi connectivity index (χ0n) is 13.5. The topological polar surface area (TPSA) is 12.9 Å². The van der Waals surface area contributed by atoms with Crippen LogP contribution in [0.1, 0.15) is 16.8 Å². The molecule has 0 spiro atoms. The van der Waals surface area contributed by atoms with Gasteiger partial charge in [-0.2, -0.15) is 13.2 Å². The first-order valence-electron chi connectivity index (χ1n) is 7.90. The van der Waals surface area contributed by atoms with E-state index in [-0.39, 0.29) is 23.2 Å². The molecule has 0 amide bonds. The Hall–Kier alpha value is -2.76. The van der Waals surface area contributed by atoms with E-state index in [4.69, 9.17) is 0 Å². The molecule has 0 fully saturated rings. The predicted octanol–water partition coefficient (Wildman–Crippen LogP) is 5.83. The van der Waals surface area contributed by atoms with Crippen molar-refractivity contribution in [2.24, 2.45) is 0 Å². The largest absolute Gasteiger partial charge is 0.433 e. The zero-order chi connectivity index (χ0) is 18.7. The summed E-state index contributed by atoms with van der Waals surface area (Å²) in [5.41, 5.74) is 0.125.